The molecule has 1 aromatic rings. The second kappa shape index (κ2) is 5.89. The van der Waals surface area contributed by atoms with Crippen molar-refractivity contribution in [3.8, 4) is 0 Å². The Hall–Kier alpha value is -0.810. The number of nitrogens with one attached hydrogen (secondary N) is 1. The smallest absolute Gasteiger partial charge is 0.160 e. The Bertz CT molecular complexity index is 443. The third-order valence-corrected chi connectivity index (χ3v) is 4.28. The third kappa shape index (κ3) is 3.85. The molecular weight excluding hydrogens is 256 g/mol. The molecule has 0 amide bonds. The monoisotopic (exact) mass is 275 g/mol. The molecule has 102 valence electrons. The van der Waals surface area contributed by atoms with E-state index in [1.807, 2.05) is 20.8 Å². The molecule has 1 rings (SSSR count). The molecule has 2 unspecified atom stereocenters. The van der Waals surface area contributed by atoms with E-state index in [0.717, 1.165) is 12.1 Å². The highest BCUT2D eigenvalue weighted by atomic mass is 32.2. The molecule has 5 heteroatoms. The first kappa shape index (κ1) is 15.2. The first-order valence-corrected chi connectivity index (χ1v) is 7.08. The van der Waals surface area contributed by atoms with E-state index < -0.39 is 22.4 Å². The lowest BCUT2D eigenvalue weighted by molar-refractivity contribution is 0.304. The summed E-state index contributed by atoms with van der Waals surface area (Å²) in [7, 11) is 0.456. The van der Waals surface area contributed by atoms with Crippen molar-refractivity contribution in [2.75, 3.05) is 12.8 Å². The molecule has 0 aromatic heterocycles. The molecule has 18 heavy (non-hydrogen) atoms. The molecule has 0 aliphatic carbocycles. The van der Waals surface area contributed by atoms with Crippen LogP contribution in [0.25, 0.3) is 0 Å². The van der Waals surface area contributed by atoms with Crippen LogP contribution in [0.2, 0.25) is 0 Å². The molecule has 2 nitrogen and oxygen atoms in total. The fourth-order valence-electron chi connectivity index (χ4n) is 1.63. The molecule has 1 N–H and O–H groups in total. The second-order valence-electron chi connectivity index (χ2n) is 5.30. The van der Waals surface area contributed by atoms with Crippen LogP contribution in [0.4, 0.5) is 8.78 Å². The van der Waals surface area contributed by atoms with E-state index in [9.17, 15) is 13.0 Å². The predicted molar refractivity (Wildman–Crippen MR) is 69.9 cm³/mol. The summed E-state index contributed by atoms with van der Waals surface area (Å²) < 4.78 is 38.0. The maximum Gasteiger partial charge on any atom is 0.160 e. The maximum absolute atomic E-state index is 13.1. The van der Waals surface area contributed by atoms with Crippen molar-refractivity contribution in [3.63, 3.8) is 0 Å². The molecule has 0 radical (unpaired) electrons. The Morgan fingerprint density at radius 1 is 1.28 bits per heavy atom. The van der Waals surface area contributed by atoms with Gasteiger partial charge < -0.3 is 5.32 Å². The lowest BCUT2D eigenvalue weighted by Gasteiger charge is -2.30. The Kier molecular flexibility index (Phi) is 4.99. The lowest BCUT2D eigenvalue weighted by atomic mass is 9.88. The van der Waals surface area contributed by atoms with Gasteiger partial charge in [-0.3, -0.25) is 4.21 Å². The minimum Gasteiger partial charge on any atom is -0.316 e. The summed E-state index contributed by atoms with van der Waals surface area (Å²) in [6.45, 7) is 6.11. The SMILES string of the molecule is CNC(CS(=O)c1ccc(F)c(F)c1)C(C)(C)C. The Labute approximate surface area is 109 Å². The van der Waals surface area contributed by atoms with Crippen LogP contribution in [-0.2, 0) is 10.8 Å². The molecule has 0 aliphatic rings. The van der Waals surface area contributed by atoms with Gasteiger partial charge in [-0.1, -0.05) is 20.8 Å². The summed E-state index contributed by atoms with van der Waals surface area (Å²) in [5.41, 5.74) is -0.0526. The average molecular weight is 275 g/mol. The third-order valence-electron chi connectivity index (χ3n) is 2.87. The van der Waals surface area contributed by atoms with E-state index in [1.165, 1.54) is 6.07 Å². The fraction of sp³-hybridized carbons (Fsp3) is 0.538. The van der Waals surface area contributed by atoms with Crippen molar-refractivity contribution in [1.29, 1.82) is 0 Å². The zero-order chi connectivity index (χ0) is 13.9. The van der Waals surface area contributed by atoms with Crippen molar-refractivity contribution < 1.29 is 13.0 Å². The van der Waals surface area contributed by atoms with Gasteiger partial charge in [-0.25, -0.2) is 8.78 Å². The minimum absolute atomic E-state index is 0.0337. The van der Waals surface area contributed by atoms with Crippen LogP contribution in [0.3, 0.4) is 0 Å². The molecule has 0 spiro atoms. The molecule has 0 saturated heterocycles. The van der Waals surface area contributed by atoms with E-state index in [-0.39, 0.29) is 11.5 Å². The number of rotatable bonds is 4. The summed E-state index contributed by atoms with van der Waals surface area (Å²) >= 11 is 0. The Morgan fingerprint density at radius 2 is 1.89 bits per heavy atom. The standard InChI is InChI=1S/C13H19F2NOS/c1-13(2,3)12(16-4)8-18(17)9-5-6-10(14)11(15)7-9/h5-7,12,16H,8H2,1-4H3. The van der Waals surface area contributed by atoms with Crippen molar-refractivity contribution >= 4 is 10.8 Å². The predicted octanol–water partition coefficient (Wildman–Crippen LogP) is 2.71. The molecule has 0 fully saturated rings. The van der Waals surface area contributed by atoms with Crippen LogP contribution in [-0.4, -0.2) is 23.1 Å². The normalized spacial score (nSPS) is 15.4. The van der Waals surface area contributed by atoms with Crippen molar-refractivity contribution in [2.45, 2.75) is 31.7 Å². The van der Waals surface area contributed by atoms with Gasteiger partial charge in [-0.05, 0) is 30.7 Å². The van der Waals surface area contributed by atoms with Crippen LogP contribution in [0.15, 0.2) is 23.1 Å². The van der Waals surface area contributed by atoms with E-state index in [4.69, 9.17) is 0 Å². The summed E-state index contributed by atoms with van der Waals surface area (Å²) in [5, 5.41) is 3.11. The number of halogens is 2. The van der Waals surface area contributed by atoms with Gasteiger partial charge in [0.05, 0.1) is 10.8 Å². The van der Waals surface area contributed by atoms with Gasteiger partial charge in [0.1, 0.15) is 0 Å². The van der Waals surface area contributed by atoms with Gasteiger partial charge in [0.15, 0.2) is 11.6 Å². The lowest BCUT2D eigenvalue weighted by Crippen LogP contribution is -2.42. The average Bonchev–Trinajstić information content (AvgIpc) is 2.27. The first-order valence-electron chi connectivity index (χ1n) is 5.76. The van der Waals surface area contributed by atoms with E-state index in [2.05, 4.69) is 5.32 Å². The molecule has 0 aliphatic heterocycles. The van der Waals surface area contributed by atoms with Crippen LogP contribution < -0.4 is 5.32 Å². The van der Waals surface area contributed by atoms with Gasteiger partial charge >= 0.3 is 0 Å². The molecule has 1 aromatic carbocycles. The highest BCUT2D eigenvalue weighted by Crippen LogP contribution is 2.22. The highest BCUT2D eigenvalue weighted by Gasteiger charge is 2.25. The first-order chi connectivity index (χ1) is 8.25. The van der Waals surface area contributed by atoms with Crippen molar-refractivity contribution in [3.05, 3.63) is 29.8 Å². The molecule has 2 atom stereocenters. The summed E-state index contributed by atoms with van der Waals surface area (Å²) in [4.78, 5) is 0.318. The number of benzene rings is 1. The largest absolute Gasteiger partial charge is 0.316 e. The molecule has 0 bridgehead atoms. The van der Waals surface area contributed by atoms with Crippen molar-refractivity contribution in [2.24, 2.45) is 5.41 Å². The van der Waals surface area contributed by atoms with E-state index in [0.29, 0.717) is 10.6 Å². The Balaban J connectivity index is 2.85. The van der Waals surface area contributed by atoms with E-state index in [1.54, 1.807) is 7.05 Å². The summed E-state index contributed by atoms with van der Waals surface area (Å²) in [6, 6.07) is 3.41. The molecular formula is C13H19F2NOS. The topological polar surface area (TPSA) is 29.1 Å². The van der Waals surface area contributed by atoms with Gasteiger partial charge in [0.2, 0.25) is 0 Å². The number of hydrogen-bond donors (Lipinski definition) is 1. The van der Waals surface area contributed by atoms with Crippen LogP contribution in [0.5, 0.6) is 0 Å². The fourth-order valence-corrected chi connectivity index (χ4v) is 3.25. The Morgan fingerprint density at radius 3 is 2.33 bits per heavy atom. The molecule has 0 heterocycles. The van der Waals surface area contributed by atoms with Crippen LogP contribution in [0.1, 0.15) is 20.8 Å². The quantitative estimate of drug-likeness (QED) is 0.915. The summed E-state index contributed by atoms with van der Waals surface area (Å²) in [6.07, 6.45) is 0. The second-order valence-corrected chi connectivity index (χ2v) is 6.79. The van der Waals surface area contributed by atoms with Gasteiger partial charge in [-0.2, -0.15) is 0 Å². The zero-order valence-corrected chi connectivity index (χ0v) is 11.9. The van der Waals surface area contributed by atoms with Gasteiger partial charge in [-0.15, -0.1) is 0 Å². The summed E-state index contributed by atoms with van der Waals surface area (Å²) in [5.74, 6) is -1.51. The minimum atomic E-state index is -1.35. The zero-order valence-electron chi connectivity index (χ0n) is 11.1. The van der Waals surface area contributed by atoms with Gasteiger partial charge in [0.25, 0.3) is 0 Å². The highest BCUT2D eigenvalue weighted by molar-refractivity contribution is 7.85. The van der Waals surface area contributed by atoms with Crippen LogP contribution >= 0.6 is 0 Å². The van der Waals surface area contributed by atoms with Crippen molar-refractivity contribution in [1.82, 2.24) is 5.32 Å². The van der Waals surface area contributed by atoms with Crippen LogP contribution in [0, 0.1) is 17.0 Å². The number of hydrogen-bond acceptors (Lipinski definition) is 2. The van der Waals surface area contributed by atoms with E-state index >= 15 is 0 Å². The molecule has 0 saturated carbocycles. The maximum atomic E-state index is 13.1. The van der Waals surface area contributed by atoms with Gasteiger partial charge in [0, 0.05) is 16.7 Å².